The van der Waals surface area contributed by atoms with Crippen LogP contribution in [0.2, 0.25) is 0 Å². The van der Waals surface area contributed by atoms with E-state index in [1.165, 1.54) is 24.8 Å². The Kier molecular flexibility index (Phi) is 8.27. The van der Waals surface area contributed by atoms with Crippen LogP contribution in [0.4, 0.5) is 0 Å². The van der Waals surface area contributed by atoms with Crippen molar-refractivity contribution in [1.29, 1.82) is 0 Å². The fourth-order valence-corrected chi connectivity index (χ4v) is 4.43. The molecule has 0 spiro atoms. The number of hydrogen-bond donors (Lipinski definition) is 1. The maximum Gasteiger partial charge on any atom is 0.243 e. The first-order valence-electron chi connectivity index (χ1n) is 11.7. The molecule has 3 rings (SSSR count). The molecule has 1 N–H and O–H groups in total. The molecule has 2 aromatic carbocycles. The zero-order valence-electron chi connectivity index (χ0n) is 19.2. The number of benzene rings is 2. The second-order valence-electron chi connectivity index (χ2n) is 8.88. The monoisotopic (exact) mass is 420 g/mol. The van der Waals surface area contributed by atoms with Gasteiger partial charge in [-0.25, -0.2) is 0 Å². The van der Waals surface area contributed by atoms with Crippen molar-refractivity contribution in [3.05, 3.63) is 70.8 Å². The fourth-order valence-electron chi connectivity index (χ4n) is 4.43. The second-order valence-corrected chi connectivity index (χ2v) is 8.88. The topological polar surface area (TPSA) is 49.4 Å². The first-order chi connectivity index (χ1) is 15.0. The first kappa shape index (κ1) is 23.1. The molecule has 1 aliphatic rings. The number of nitrogens with zero attached hydrogens (tertiary/aromatic N) is 1. The number of rotatable bonds is 8. The van der Waals surface area contributed by atoms with Gasteiger partial charge in [-0.2, -0.15) is 0 Å². The van der Waals surface area contributed by atoms with Crippen LogP contribution in [0.3, 0.4) is 0 Å². The van der Waals surface area contributed by atoms with Crippen LogP contribution >= 0.6 is 0 Å². The van der Waals surface area contributed by atoms with Crippen LogP contribution in [0.15, 0.2) is 48.5 Å². The molecule has 31 heavy (non-hydrogen) atoms. The van der Waals surface area contributed by atoms with Crippen molar-refractivity contribution in [2.24, 2.45) is 0 Å². The molecule has 0 aromatic heterocycles. The smallest absolute Gasteiger partial charge is 0.243 e. The molecule has 166 valence electrons. The zero-order chi connectivity index (χ0) is 22.2. The third kappa shape index (κ3) is 6.43. The zero-order valence-corrected chi connectivity index (χ0v) is 19.2. The first-order valence-corrected chi connectivity index (χ1v) is 11.7. The predicted octanol–water partition coefficient (Wildman–Crippen LogP) is 5.10. The van der Waals surface area contributed by atoms with Crippen LogP contribution < -0.4 is 5.32 Å². The Labute approximate surface area is 187 Å². The van der Waals surface area contributed by atoms with Gasteiger partial charge in [-0.3, -0.25) is 9.59 Å². The van der Waals surface area contributed by atoms with Gasteiger partial charge >= 0.3 is 0 Å². The number of aryl methyl sites for hydroxylation is 2. The molecule has 0 bridgehead atoms. The maximum atomic E-state index is 13.5. The summed E-state index contributed by atoms with van der Waals surface area (Å²) in [5.41, 5.74) is 4.35. The average Bonchev–Trinajstić information content (AvgIpc) is 2.77. The number of carbonyl (C=O) groups is 2. The summed E-state index contributed by atoms with van der Waals surface area (Å²) in [6.07, 6.45) is 6.57. The van der Waals surface area contributed by atoms with E-state index in [4.69, 9.17) is 0 Å². The number of nitrogens with one attached hydrogen (secondary N) is 1. The SMILES string of the molecule is CC[C@H](C(=O)NC1CCCCC1)N(Cc1ccc(C)cc1)C(=O)Cc1ccccc1C. The van der Waals surface area contributed by atoms with Gasteiger partial charge in [0, 0.05) is 12.6 Å². The molecule has 1 saturated carbocycles. The third-order valence-electron chi connectivity index (χ3n) is 6.41. The molecule has 0 saturated heterocycles. The Morgan fingerprint density at radius 2 is 1.68 bits per heavy atom. The number of amides is 2. The summed E-state index contributed by atoms with van der Waals surface area (Å²) in [7, 11) is 0. The Balaban J connectivity index is 1.81. The minimum absolute atomic E-state index is 0.000481. The van der Waals surface area contributed by atoms with Gasteiger partial charge in [0.25, 0.3) is 0 Å². The molecule has 4 heteroatoms. The van der Waals surface area contributed by atoms with E-state index in [-0.39, 0.29) is 17.9 Å². The lowest BCUT2D eigenvalue weighted by molar-refractivity contribution is -0.141. The van der Waals surface area contributed by atoms with E-state index in [0.717, 1.165) is 29.5 Å². The molecule has 1 fully saturated rings. The Morgan fingerprint density at radius 3 is 2.32 bits per heavy atom. The molecule has 1 aliphatic carbocycles. The Hall–Kier alpha value is -2.62. The van der Waals surface area contributed by atoms with E-state index in [9.17, 15) is 9.59 Å². The largest absolute Gasteiger partial charge is 0.352 e. The highest BCUT2D eigenvalue weighted by Gasteiger charge is 2.30. The Bertz CT molecular complexity index is 869. The van der Waals surface area contributed by atoms with Gasteiger partial charge < -0.3 is 10.2 Å². The van der Waals surface area contributed by atoms with Crippen LogP contribution in [-0.4, -0.2) is 28.8 Å². The van der Waals surface area contributed by atoms with Gasteiger partial charge in [0.2, 0.25) is 11.8 Å². The predicted molar refractivity (Wildman–Crippen MR) is 126 cm³/mol. The van der Waals surface area contributed by atoms with Crippen molar-refractivity contribution >= 4 is 11.8 Å². The van der Waals surface area contributed by atoms with Gasteiger partial charge in [-0.15, -0.1) is 0 Å². The molecular weight excluding hydrogens is 384 g/mol. The summed E-state index contributed by atoms with van der Waals surface area (Å²) >= 11 is 0. The summed E-state index contributed by atoms with van der Waals surface area (Å²) < 4.78 is 0. The van der Waals surface area contributed by atoms with Crippen LogP contribution in [0.5, 0.6) is 0 Å². The molecule has 0 radical (unpaired) electrons. The van der Waals surface area contributed by atoms with E-state index < -0.39 is 6.04 Å². The lowest BCUT2D eigenvalue weighted by Crippen LogP contribution is -2.52. The van der Waals surface area contributed by atoms with Gasteiger partial charge in [0.1, 0.15) is 6.04 Å². The molecule has 4 nitrogen and oxygen atoms in total. The van der Waals surface area contributed by atoms with Crippen molar-refractivity contribution < 1.29 is 9.59 Å². The van der Waals surface area contributed by atoms with E-state index >= 15 is 0 Å². The lowest BCUT2D eigenvalue weighted by atomic mass is 9.95. The highest BCUT2D eigenvalue weighted by molar-refractivity contribution is 5.88. The van der Waals surface area contributed by atoms with Gasteiger partial charge in [0.15, 0.2) is 0 Å². The van der Waals surface area contributed by atoms with Crippen molar-refractivity contribution in [1.82, 2.24) is 10.2 Å². The van der Waals surface area contributed by atoms with Gasteiger partial charge in [-0.1, -0.05) is 80.3 Å². The molecule has 2 aromatic rings. The van der Waals surface area contributed by atoms with Crippen molar-refractivity contribution in [3.63, 3.8) is 0 Å². The third-order valence-corrected chi connectivity index (χ3v) is 6.41. The van der Waals surface area contributed by atoms with Crippen LogP contribution in [0.25, 0.3) is 0 Å². The highest BCUT2D eigenvalue weighted by Crippen LogP contribution is 2.20. The number of carbonyl (C=O) groups excluding carboxylic acids is 2. The standard InChI is InChI=1S/C27H36N2O2/c1-4-25(27(31)28-24-12-6-5-7-13-24)29(19-22-16-14-20(2)15-17-22)26(30)18-23-11-9-8-10-21(23)3/h8-11,14-17,24-25H,4-7,12-13,18-19H2,1-3H3,(H,28,31)/t25-/m1/s1. The van der Waals surface area contributed by atoms with Crippen molar-refractivity contribution in [3.8, 4) is 0 Å². The van der Waals surface area contributed by atoms with Crippen LogP contribution in [-0.2, 0) is 22.6 Å². The molecule has 1 atom stereocenters. The summed E-state index contributed by atoms with van der Waals surface area (Å²) in [6, 6.07) is 16.0. The highest BCUT2D eigenvalue weighted by atomic mass is 16.2. The van der Waals surface area contributed by atoms with Gasteiger partial charge in [0.05, 0.1) is 6.42 Å². The Morgan fingerprint density at radius 1 is 1.00 bits per heavy atom. The minimum atomic E-state index is -0.459. The summed E-state index contributed by atoms with van der Waals surface area (Å²) in [5.74, 6) is -0.0137. The van der Waals surface area contributed by atoms with E-state index in [1.807, 2.05) is 38.1 Å². The molecular formula is C27H36N2O2. The summed E-state index contributed by atoms with van der Waals surface area (Å²) in [6.45, 7) is 6.52. The molecule has 0 unspecified atom stereocenters. The van der Waals surface area contributed by atoms with E-state index in [1.54, 1.807) is 4.90 Å². The maximum absolute atomic E-state index is 13.5. The summed E-state index contributed by atoms with van der Waals surface area (Å²) in [4.78, 5) is 28.5. The molecule has 0 aliphatic heterocycles. The van der Waals surface area contributed by atoms with Crippen LogP contribution in [0.1, 0.15) is 67.7 Å². The normalized spacial score (nSPS) is 15.3. The minimum Gasteiger partial charge on any atom is -0.352 e. The fraction of sp³-hybridized carbons (Fsp3) is 0.481. The lowest BCUT2D eigenvalue weighted by Gasteiger charge is -2.33. The number of hydrogen-bond acceptors (Lipinski definition) is 2. The van der Waals surface area contributed by atoms with E-state index in [0.29, 0.717) is 19.4 Å². The van der Waals surface area contributed by atoms with Crippen molar-refractivity contribution in [2.45, 2.75) is 84.3 Å². The second kappa shape index (κ2) is 11.1. The quantitative estimate of drug-likeness (QED) is 0.646. The van der Waals surface area contributed by atoms with Gasteiger partial charge in [-0.05, 0) is 49.8 Å². The average molecular weight is 421 g/mol. The van der Waals surface area contributed by atoms with E-state index in [2.05, 4.69) is 36.5 Å². The van der Waals surface area contributed by atoms with Crippen LogP contribution in [0, 0.1) is 13.8 Å². The summed E-state index contributed by atoms with van der Waals surface area (Å²) in [5, 5.41) is 3.24. The molecule has 2 amide bonds. The van der Waals surface area contributed by atoms with Crippen molar-refractivity contribution in [2.75, 3.05) is 0 Å². The molecule has 0 heterocycles.